The third-order valence-corrected chi connectivity index (χ3v) is 5.09. The number of benzene rings is 1. The predicted molar refractivity (Wildman–Crippen MR) is 78.9 cm³/mol. The fourth-order valence-electron chi connectivity index (χ4n) is 3.50. The lowest BCUT2D eigenvalue weighted by Gasteiger charge is -2.39. The Labute approximate surface area is 123 Å². The molecule has 3 rings (SSSR count). The molecule has 0 spiro atoms. The van der Waals surface area contributed by atoms with Crippen LogP contribution < -0.4 is 0 Å². The molecule has 2 aliphatic rings. The Kier molecular flexibility index (Phi) is 3.59. The minimum atomic E-state index is -0.808. The second kappa shape index (κ2) is 5.12. The second-order valence-corrected chi connectivity index (χ2v) is 6.65. The number of halogens is 2. The zero-order chi connectivity index (χ0) is 14.3. The lowest BCUT2D eigenvalue weighted by atomic mass is 9.69. The molecule has 1 aliphatic carbocycles. The first-order valence-electron chi connectivity index (χ1n) is 7.21. The Bertz CT molecular complexity index is 564. The fourth-order valence-corrected chi connectivity index (χ4v) is 3.72. The summed E-state index contributed by atoms with van der Waals surface area (Å²) in [6, 6.07) is 1.60. The summed E-state index contributed by atoms with van der Waals surface area (Å²) < 4.78 is 14.5. The van der Waals surface area contributed by atoms with Gasteiger partial charge < -0.3 is 5.11 Å². The molecule has 1 saturated carbocycles. The van der Waals surface area contributed by atoms with Gasteiger partial charge in [-0.3, -0.25) is 4.99 Å². The topological polar surface area (TPSA) is 32.6 Å². The molecule has 108 valence electrons. The molecule has 2 nitrogen and oxygen atoms in total. The smallest absolute Gasteiger partial charge is 0.147 e. The molecule has 1 N–H and O–H groups in total. The monoisotopic (exact) mass is 295 g/mol. The van der Waals surface area contributed by atoms with Crippen LogP contribution in [0.5, 0.6) is 0 Å². The highest BCUT2D eigenvalue weighted by Gasteiger charge is 2.39. The van der Waals surface area contributed by atoms with Crippen molar-refractivity contribution < 1.29 is 9.50 Å². The minimum Gasteiger partial charge on any atom is -0.388 e. The Balaban J connectivity index is 2.06. The van der Waals surface area contributed by atoms with E-state index in [-0.39, 0.29) is 10.4 Å². The van der Waals surface area contributed by atoms with Crippen molar-refractivity contribution in [1.29, 1.82) is 0 Å². The first-order valence-corrected chi connectivity index (χ1v) is 7.59. The molecule has 0 bridgehead atoms. The van der Waals surface area contributed by atoms with E-state index in [2.05, 4.69) is 11.9 Å². The van der Waals surface area contributed by atoms with Gasteiger partial charge in [0.1, 0.15) is 5.82 Å². The summed E-state index contributed by atoms with van der Waals surface area (Å²) in [4.78, 5) is 4.18. The van der Waals surface area contributed by atoms with Gasteiger partial charge in [-0.05, 0) is 35.4 Å². The van der Waals surface area contributed by atoms with Gasteiger partial charge in [-0.2, -0.15) is 0 Å². The highest BCUT2D eigenvalue weighted by atomic mass is 35.5. The summed E-state index contributed by atoms with van der Waals surface area (Å²) in [5, 5.41) is 10.9. The Morgan fingerprint density at radius 3 is 2.75 bits per heavy atom. The van der Waals surface area contributed by atoms with E-state index in [1.807, 2.05) is 0 Å². The zero-order valence-electron chi connectivity index (χ0n) is 11.6. The summed E-state index contributed by atoms with van der Waals surface area (Å²) in [6.45, 7) is 2.49. The van der Waals surface area contributed by atoms with E-state index < -0.39 is 11.9 Å². The normalized spacial score (nSPS) is 21.8. The minimum absolute atomic E-state index is 0.0746. The van der Waals surface area contributed by atoms with Crippen molar-refractivity contribution in [2.75, 3.05) is 0 Å². The lowest BCUT2D eigenvalue weighted by Crippen LogP contribution is -2.29. The van der Waals surface area contributed by atoms with Crippen LogP contribution in [0.2, 0.25) is 5.02 Å². The fraction of sp³-hybridized carbons (Fsp3) is 0.562. The third kappa shape index (κ3) is 2.17. The lowest BCUT2D eigenvalue weighted by molar-refractivity contribution is 0.00529. The quantitative estimate of drug-likeness (QED) is 0.861. The highest BCUT2D eigenvalue weighted by molar-refractivity contribution is 6.31. The summed E-state index contributed by atoms with van der Waals surface area (Å²) in [5.41, 5.74) is 1.74. The SMILES string of the molecule is CC1(C(O)c2c(F)c(Cl)cc3c2CN=C3)CCCCC1. The van der Waals surface area contributed by atoms with E-state index in [9.17, 15) is 9.50 Å². The molecule has 1 aromatic carbocycles. The van der Waals surface area contributed by atoms with Crippen LogP contribution in [-0.4, -0.2) is 11.3 Å². The number of hydrogen-bond acceptors (Lipinski definition) is 2. The van der Waals surface area contributed by atoms with Crippen molar-refractivity contribution in [2.24, 2.45) is 10.4 Å². The standard InChI is InChI=1S/C16H19ClFNO/c1-16(5-3-2-4-6-16)15(20)13-11-9-19-8-10(11)7-12(17)14(13)18/h7-8,15,20H,2-6,9H2,1H3. The number of fused-ring (bicyclic) bond motifs is 1. The molecule has 1 aromatic rings. The van der Waals surface area contributed by atoms with Crippen molar-refractivity contribution >= 4 is 17.8 Å². The molecular weight excluding hydrogens is 277 g/mol. The van der Waals surface area contributed by atoms with Crippen LogP contribution in [0.3, 0.4) is 0 Å². The van der Waals surface area contributed by atoms with Gasteiger partial charge in [-0.15, -0.1) is 0 Å². The van der Waals surface area contributed by atoms with E-state index >= 15 is 0 Å². The van der Waals surface area contributed by atoms with E-state index in [0.29, 0.717) is 12.1 Å². The Morgan fingerprint density at radius 2 is 2.05 bits per heavy atom. The highest BCUT2D eigenvalue weighted by Crippen LogP contribution is 2.48. The molecular formula is C16H19ClFNO. The third-order valence-electron chi connectivity index (χ3n) is 4.81. The number of aliphatic hydroxyl groups excluding tert-OH is 1. The molecule has 1 heterocycles. The summed E-state index contributed by atoms with van der Waals surface area (Å²) in [6.07, 6.45) is 6.13. The van der Waals surface area contributed by atoms with Gasteiger partial charge in [-0.25, -0.2) is 4.39 Å². The van der Waals surface area contributed by atoms with Crippen LogP contribution in [0.1, 0.15) is 61.8 Å². The van der Waals surface area contributed by atoms with Gasteiger partial charge in [-0.1, -0.05) is 37.8 Å². The second-order valence-electron chi connectivity index (χ2n) is 6.24. The molecule has 0 aromatic heterocycles. The van der Waals surface area contributed by atoms with Gasteiger partial charge in [0.2, 0.25) is 0 Å². The summed E-state index contributed by atoms with van der Waals surface area (Å²) >= 11 is 5.98. The number of rotatable bonds is 2. The van der Waals surface area contributed by atoms with Crippen molar-refractivity contribution in [3.8, 4) is 0 Å². The van der Waals surface area contributed by atoms with E-state index in [1.165, 1.54) is 6.42 Å². The molecule has 0 saturated heterocycles. The van der Waals surface area contributed by atoms with E-state index in [0.717, 1.165) is 36.8 Å². The van der Waals surface area contributed by atoms with Crippen LogP contribution in [0.4, 0.5) is 4.39 Å². The molecule has 4 heteroatoms. The van der Waals surface area contributed by atoms with Crippen molar-refractivity contribution in [1.82, 2.24) is 0 Å². The molecule has 0 radical (unpaired) electrons. The van der Waals surface area contributed by atoms with E-state index in [4.69, 9.17) is 11.6 Å². The Morgan fingerprint density at radius 1 is 1.35 bits per heavy atom. The van der Waals surface area contributed by atoms with E-state index in [1.54, 1.807) is 12.3 Å². The molecule has 1 unspecified atom stereocenters. The number of aliphatic hydroxyl groups is 1. The van der Waals surface area contributed by atoms with Crippen molar-refractivity contribution in [2.45, 2.75) is 51.7 Å². The summed E-state index contributed by atoms with van der Waals surface area (Å²) in [7, 11) is 0. The number of nitrogens with zero attached hydrogens (tertiary/aromatic N) is 1. The van der Waals surface area contributed by atoms with Gasteiger partial charge in [0.25, 0.3) is 0 Å². The van der Waals surface area contributed by atoms with Crippen LogP contribution in [-0.2, 0) is 6.54 Å². The first-order chi connectivity index (χ1) is 9.53. The van der Waals surface area contributed by atoms with Crippen molar-refractivity contribution in [3.63, 3.8) is 0 Å². The number of aliphatic imine (C=N–C) groups is 1. The molecule has 1 fully saturated rings. The van der Waals surface area contributed by atoms with Crippen LogP contribution in [0, 0.1) is 11.2 Å². The number of hydrogen-bond donors (Lipinski definition) is 1. The average molecular weight is 296 g/mol. The zero-order valence-corrected chi connectivity index (χ0v) is 12.4. The van der Waals surface area contributed by atoms with Gasteiger partial charge in [0.15, 0.2) is 0 Å². The van der Waals surface area contributed by atoms with Crippen LogP contribution in [0.15, 0.2) is 11.1 Å². The maximum atomic E-state index is 14.5. The average Bonchev–Trinajstić information content (AvgIpc) is 2.88. The largest absolute Gasteiger partial charge is 0.388 e. The van der Waals surface area contributed by atoms with Gasteiger partial charge >= 0.3 is 0 Å². The predicted octanol–water partition coefficient (Wildman–Crippen LogP) is 4.42. The van der Waals surface area contributed by atoms with Gasteiger partial charge in [0, 0.05) is 11.8 Å². The first kappa shape index (κ1) is 14.0. The van der Waals surface area contributed by atoms with Crippen molar-refractivity contribution in [3.05, 3.63) is 33.6 Å². The molecule has 1 aliphatic heterocycles. The summed E-state index contributed by atoms with van der Waals surface area (Å²) in [5.74, 6) is -0.477. The maximum Gasteiger partial charge on any atom is 0.147 e. The van der Waals surface area contributed by atoms with Crippen LogP contribution in [0.25, 0.3) is 0 Å². The molecule has 1 atom stereocenters. The van der Waals surface area contributed by atoms with Gasteiger partial charge in [0.05, 0.1) is 17.7 Å². The maximum absolute atomic E-state index is 14.5. The molecule has 20 heavy (non-hydrogen) atoms. The molecule has 0 amide bonds. The Hall–Kier alpha value is -0.930. The van der Waals surface area contributed by atoms with Crippen LogP contribution >= 0.6 is 11.6 Å².